The van der Waals surface area contributed by atoms with Crippen LogP contribution in [0, 0.1) is 3.70 Å². The number of carbonyl (C=O) groups is 1. The number of amides is 1. The van der Waals surface area contributed by atoms with Crippen molar-refractivity contribution < 1.29 is 37.0 Å². The molecule has 1 aliphatic heterocycles. The van der Waals surface area contributed by atoms with E-state index in [0.29, 0.717) is 37.0 Å². The maximum atomic E-state index is 15.2. The molecule has 1 aliphatic rings. The number of allylic oxidation sites excluding steroid dienone is 12. The fraction of sp³-hybridized carbons (Fsp3) is 0.541. The number of azide groups is 1. The van der Waals surface area contributed by atoms with Crippen LogP contribution in [0.3, 0.4) is 0 Å². The molecule has 1 fully saturated rings. The van der Waals surface area contributed by atoms with Crippen LogP contribution in [-0.2, 0) is 23.1 Å². The largest absolute Gasteiger partial charge is 0.405 e. The molecule has 0 bridgehead atoms. The molecule has 2 heterocycles. The van der Waals surface area contributed by atoms with Gasteiger partial charge in [0.1, 0.15) is 3.70 Å². The molecule has 0 aromatic carbocycles. The zero-order valence-corrected chi connectivity index (χ0v) is 35.1. The first-order chi connectivity index (χ1) is 26.8. The zero-order chi connectivity index (χ0) is 41.3. The van der Waals surface area contributed by atoms with Gasteiger partial charge in [0.2, 0.25) is 17.9 Å². The Morgan fingerprint density at radius 1 is 1.07 bits per heavy atom. The fourth-order valence-electron chi connectivity index (χ4n) is 5.04. The maximum absolute atomic E-state index is 15.2. The number of hydrogen-bond acceptors (Lipinski definition) is 10. The Kier molecular flexibility index (Phi) is 23.2. The minimum absolute atomic E-state index is 0.0404. The second-order valence-corrected chi connectivity index (χ2v) is 15.5. The topological polar surface area (TPSA) is 193 Å². The molecule has 1 aromatic heterocycles. The minimum Gasteiger partial charge on any atom is -0.383 e. The number of halogens is 3. The van der Waals surface area contributed by atoms with Gasteiger partial charge in [-0.15, -0.1) is 0 Å². The predicted molar refractivity (Wildman–Crippen MR) is 221 cm³/mol. The molecule has 1 aromatic rings. The number of aliphatic hydroxyl groups excluding tert-OH is 1. The van der Waals surface area contributed by atoms with Crippen molar-refractivity contribution in [2.24, 2.45) is 5.11 Å². The van der Waals surface area contributed by atoms with Gasteiger partial charge in [-0.25, -0.2) is 14.4 Å². The lowest BCUT2D eigenvalue weighted by Crippen LogP contribution is -2.48. The highest BCUT2D eigenvalue weighted by molar-refractivity contribution is 14.1. The first-order valence-corrected chi connectivity index (χ1v) is 20.9. The summed E-state index contributed by atoms with van der Waals surface area (Å²) in [7, 11) is -1.38. The van der Waals surface area contributed by atoms with Crippen LogP contribution in [0.2, 0.25) is 0 Å². The summed E-state index contributed by atoms with van der Waals surface area (Å²) >= 11 is 1.72. The Labute approximate surface area is 341 Å². The third-order valence-electron chi connectivity index (χ3n) is 8.13. The van der Waals surface area contributed by atoms with Crippen molar-refractivity contribution in [1.82, 2.24) is 24.9 Å². The molecule has 2 rings (SSSR count). The van der Waals surface area contributed by atoms with Gasteiger partial charge in [-0.2, -0.15) is 13.8 Å². The van der Waals surface area contributed by atoms with Crippen LogP contribution in [-0.4, -0.2) is 90.2 Å². The molecule has 15 nitrogen and oxygen atoms in total. The average molecular weight is 919 g/mol. The van der Waals surface area contributed by atoms with Crippen molar-refractivity contribution >= 4 is 36.2 Å². The predicted octanol–water partition coefficient (Wildman–Crippen LogP) is 7.27. The van der Waals surface area contributed by atoms with Crippen LogP contribution >= 0.6 is 30.3 Å². The summed E-state index contributed by atoms with van der Waals surface area (Å²) in [5.41, 5.74) is 5.23. The molecule has 19 heteroatoms. The van der Waals surface area contributed by atoms with E-state index in [1.54, 1.807) is 29.6 Å². The van der Waals surface area contributed by atoms with E-state index in [2.05, 4.69) is 93.1 Å². The smallest absolute Gasteiger partial charge is 0.383 e. The maximum Gasteiger partial charge on any atom is 0.405 e. The normalized spacial score (nSPS) is 21.1. The van der Waals surface area contributed by atoms with Gasteiger partial charge < -0.3 is 24.6 Å². The molecule has 0 saturated carbocycles. The van der Waals surface area contributed by atoms with Crippen LogP contribution in [0.1, 0.15) is 64.5 Å². The van der Waals surface area contributed by atoms with Crippen LogP contribution in [0.15, 0.2) is 95.1 Å². The lowest BCUT2D eigenvalue weighted by molar-refractivity contribution is -0.144. The summed E-state index contributed by atoms with van der Waals surface area (Å²) in [4.78, 5) is 32.4. The second-order valence-electron chi connectivity index (χ2n) is 12.5. The van der Waals surface area contributed by atoms with Crippen molar-refractivity contribution in [2.45, 2.75) is 82.3 Å². The van der Waals surface area contributed by atoms with E-state index >= 15 is 8.78 Å². The SMILES string of the molecule is CC/C=C\C/C=C\C/C=C\C/C=C\C/C=C\C/C=C\CCC(=O)NCCN(C)CCNP(=O)(OC)OC[C@@]1(N=[N+]=[N-])O[C@@H](n2ccc(I)nc2=O)C(F)(F)[C@@H]1O. The average Bonchev–Trinajstić information content (AvgIpc) is 3.35. The highest BCUT2D eigenvalue weighted by Gasteiger charge is 2.67. The Hall–Kier alpha value is -3.32. The van der Waals surface area contributed by atoms with Gasteiger partial charge >= 0.3 is 19.4 Å². The lowest BCUT2D eigenvalue weighted by atomic mass is 10.1. The summed E-state index contributed by atoms with van der Waals surface area (Å²) in [5.74, 6) is -4.23. The number of ether oxygens (including phenoxy) is 1. The molecule has 0 aliphatic carbocycles. The Morgan fingerprint density at radius 2 is 1.62 bits per heavy atom. The van der Waals surface area contributed by atoms with Gasteiger partial charge in [-0.1, -0.05) is 85.0 Å². The Morgan fingerprint density at radius 3 is 2.16 bits per heavy atom. The number of alkyl halides is 2. The van der Waals surface area contributed by atoms with Gasteiger partial charge in [0.25, 0.3) is 0 Å². The molecule has 1 amide bonds. The van der Waals surface area contributed by atoms with Gasteiger partial charge in [-0.05, 0) is 86.2 Å². The molecule has 4 atom stereocenters. The van der Waals surface area contributed by atoms with E-state index in [1.165, 1.54) is 6.07 Å². The first-order valence-electron chi connectivity index (χ1n) is 18.3. The highest BCUT2D eigenvalue weighted by Crippen LogP contribution is 2.51. The van der Waals surface area contributed by atoms with Crippen LogP contribution in [0.25, 0.3) is 10.4 Å². The second kappa shape index (κ2) is 26.6. The number of rotatable bonds is 27. The van der Waals surface area contributed by atoms with Crippen molar-refractivity contribution in [2.75, 3.05) is 46.9 Å². The van der Waals surface area contributed by atoms with Gasteiger partial charge in [0.05, 0.1) is 6.61 Å². The van der Waals surface area contributed by atoms with E-state index < -0.39 is 44.0 Å². The van der Waals surface area contributed by atoms with Crippen LogP contribution < -0.4 is 16.1 Å². The quantitative estimate of drug-likeness (QED) is 0.0154. The summed E-state index contributed by atoms with van der Waals surface area (Å²) in [5, 5.41) is 19.2. The number of likely N-dealkylation sites (N-methyl/N-ethyl adjacent to an activating group) is 1. The third kappa shape index (κ3) is 17.4. The standard InChI is InChI=1S/C37H54F2IN8O7P/c1-4-5-6-7-8-9-10-11-12-13-14-15-16-17-18-19-20-21-22-23-32(49)42-25-28-47(2)29-26-43-56(52,53-3)54-30-36(45-46-41)33(50)37(38,39)34(55-36)48-27-24-31(40)44-35(48)51/h5-6,8-9,11-12,14-15,17-18,20-21,24,27,33-34,50H,4,7,10,13,16,19,22-23,25-26,28-30H2,1-3H3,(H,42,49)(H,43,52)/b6-5-,9-8-,12-11-,15-14-,18-17-,21-20-/t33-,34-,36-,56?/m1/s1. The van der Waals surface area contributed by atoms with E-state index in [-0.39, 0.29) is 16.2 Å². The molecule has 1 unspecified atom stereocenters. The highest BCUT2D eigenvalue weighted by atomic mass is 127. The van der Waals surface area contributed by atoms with Crippen molar-refractivity contribution in [1.29, 1.82) is 0 Å². The van der Waals surface area contributed by atoms with Crippen LogP contribution in [0.4, 0.5) is 8.78 Å². The van der Waals surface area contributed by atoms with E-state index in [9.17, 15) is 19.3 Å². The molecule has 3 N–H and O–H groups in total. The number of nitrogens with zero attached hydrogens (tertiary/aromatic N) is 6. The first kappa shape index (κ1) is 48.8. The number of hydrogen-bond donors (Lipinski definition) is 3. The molecule has 0 spiro atoms. The lowest BCUT2D eigenvalue weighted by Gasteiger charge is -2.28. The van der Waals surface area contributed by atoms with Crippen molar-refractivity contribution in [3.63, 3.8) is 0 Å². The van der Waals surface area contributed by atoms with Crippen molar-refractivity contribution in [3.8, 4) is 0 Å². The zero-order valence-electron chi connectivity index (χ0n) is 32.1. The molecule has 1 saturated heterocycles. The van der Waals surface area contributed by atoms with E-state index in [0.717, 1.165) is 51.8 Å². The van der Waals surface area contributed by atoms with Gasteiger partial charge in [0.15, 0.2) is 6.10 Å². The van der Waals surface area contributed by atoms with Crippen LogP contribution in [0.5, 0.6) is 0 Å². The molecule has 56 heavy (non-hydrogen) atoms. The van der Waals surface area contributed by atoms with Gasteiger partial charge in [0, 0.05) is 50.8 Å². The molecular formula is C37H54F2IN8O7P. The van der Waals surface area contributed by atoms with Crippen molar-refractivity contribution in [3.05, 3.63) is 110 Å². The summed E-state index contributed by atoms with van der Waals surface area (Å²) in [6, 6.07) is 1.26. The number of aliphatic hydroxyl groups is 1. The number of carbonyl (C=O) groups excluding carboxylic acids is 1. The molecule has 0 radical (unpaired) electrons. The minimum atomic E-state index is -4.20. The summed E-state index contributed by atoms with van der Waals surface area (Å²) in [6.45, 7) is 2.21. The number of aromatic nitrogens is 2. The Bertz CT molecular complexity index is 1700. The number of nitrogens with one attached hydrogen (secondary N) is 2. The van der Waals surface area contributed by atoms with E-state index in [1.807, 2.05) is 17.1 Å². The molecular weight excluding hydrogens is 864 g/mol. The van der Waals surface area contributed by atoms with Gasteiger partial charge in [-0.3, -0.25) is 13.9 Å². The summed E-state index contributed by atoms with van der Waals surface area (Å²) < 4.78 is 59.8. The van der Waals surface area contributed by atoms with E-state index in [4.69, 9.17) is 19.3 Å². The summed E-state index contributed by atoms with van der Waals surface area (Å²) in [6.07, 6.45) is 27.9. The molecule has 310 valence electrons. The monoisotopic (exact) mass is 918 g/mol. The Balaban J connectivity index is 1.65. The third-order valence-corrected chi connectivity index (χ3v) is 10.3. The fourth-order valence-corrected chi connectivity index (χ4v) is 6.46.